The summed E-state index contributed by atoms with van der Waals surface area (Å²) in [7, 11) is 0. The van der Waals surface area contributed by atoms with Crippen molar-refractivity contribution in [2.75, 3.05) is 18.9 Å². The van der Waals surface area contributed by atoms with Gasteiger partial charge in [0.15, 0.2) is 0 Å². The highest BCUT2D eigenvalue weighted by atomic mass is 32.2. The molecule has 1 aliphatic carbocycles. The highest BCUT2D eigenvalue weighted by Gasteiger charge is 2.18. The van der Waals surface area contributed by atoms with Gasteiger partial charge in [-0.2, -0.15) is 11.8 Å². The fraction of sp³-hybridized carbons (Fsp3) is 1.00. The summed E-state index contributed by atoms with van der Waals surface area (Å²) in [6.07, 6.45) is 10.2. The van der Waals surface area contributed by atoms with E-state index in [0.717, 1.165) is 17.9 Å². The van der Waals surface area contributed by atoms with Gasteiger partial charge in [0.1, 0.15) is 0 Å². The molecule has 0 radical (unpaired) electrons. The topological polar surface area (TPSA) is 21.3 Å². The fourth-order valence-electron chi connectivity index (χ4n) is 2.75. The molecule has 0 aromatic rings. The third kappa shape index (κ3) is 5.19. The lowest BCUT2D eigenvalue weighted by atomic mass is 9.95. The van der Waals surface area contributed by atoms with Crippen molar-refractivity contribution in [3.63, 3.8) is 0 Å². The van der Waals surface area contributed by atoms with Crippen molar-refractivity contribution in [1.82, 2.24) is 5.32 Å². The van der Waals surface area contributed by atoms with E-state index in [2.05, 4.69) is 24.0 Å². The number of hydrogen-bond acceptors (Lipinski definition) is 3. The van der Waals surface area contributed by atoms with Gasteiger partial charge in [0.25, 0.3) is 0 Å². The lowest BCUT2D eigenvalue weighted by Gasteiger charge is -2.24. The van der Waals surface area contributed by atoms with E-state index in [-0.39, 0.29) is 0 Å². The Morgan fingerprint density at radius 2 is 2.00 bits per heavy atom. The number of ether oxygens (including phenoxy) is 1. The van der Waals surface area contributed by atoms with Crippen molar-refractivity contribution in [2.24, 2.45) is 0 Å². The van der Waals surface area contributed by atoms with E-state index < -0.39 is 0 Å². The maximum absolute atomic E-state index is 5.66. The van der Waals surface area contributed by atoms with Crippen LogP contribution in [0, 0.1) is 0 Å². The fourth-order valence-corrected chi connectivity index (χ4v) is 3.77. The van der Waals surface area contributed by atoms with Crippen molar-refractivity contribution in [3.8, 4) is 0 Å². The molecule has 3 heteroatoms. The number of nitrogens with one attached hydrogen (secondary N) is 1. The molecule has 1 saturated carbocycles. The first kappa shape index (κ1) is 13.7. The summed E-state index contributed by atoms with van der Waals surface area (Å²) in [6, 6.07) is 0.800. The zero-order chi connectivity index (χ0) is 11.9. The minimum Gasteiger partial charge on any atom is -0.377 e. The van der Waals surface area contributed by atoms with Gasteiger partial charge in [-0.1, -0.05) is 26.2 Å². The van der Waals surface area contributed by atoms with E-state index in [4.69, 9.17) is 4.74 Å². The Morgan fingerprint density at radius 3 is 2.71 bits per heavy atom. The first-order chi connectivity index (χ1) is 8.34. The normalized spacial score (nSPS) is 28.4. The molecule has 0 spiro atoms. The molecule has 17 heavy (non-hydrogen) atoms. The summed E-state index contributed by atoms with van der Waals surface area (Å²) in [5.41, 5.74) is 0. The molecule has 1 aliphatic heterocycles. The Bertz CT molecular complexity index is 200. The molecular weight excluding hydrogens is 230 g/mol. The van der Waals surface area contributed by atoms with Gasteiger partial charge < -0.3 is 10.1 Å². The Kier molecular flexibility index (Phi) is 6.16. The second kappa shape index (κ2) is 7.65. The third-order valence-electron chi connectivity index (χ3n) is 3.89. The highest BCUT2D eigenvalue weighted by Crippen LogP contribution is 2.21. The third-order valence-corrected chi connectivity index (χ3v) is 5.19. The molecule has 2 unspecified atom stereocenters. The van der Waals surface area contributed by atoms with Crippen LogP contribution in [-0.4, -0.2) is 36.3 Å². The molecule has 0 amide bonds. The SMILES string of the molecule is CC(CNC1CCCCC1)SCC1CCCO1. The first-order valence-corrected chi connectivity index (χ1v) is 8.36. The molecule has 0 aromatic carbocycles. The zero-order valence-electron chi connectivity index (χ0n) is 11.1. The van der Waals surface area contributed by atoms with E-state index >= 15 is 0 Å². The second-order valence-electron chi connectivity index (χ2n) is 5.52. The van der Waals surface area contributed by atoms with Crippen molar-refractivity contribution in [3.05, 3.63) is 0 Å². The van der Waals surface area contributed by atoms with Gasteiger partial charge in [0.05, 0.1) is 6.10 Å². The van der Waals surface area contributed by atoms with Crippen LogP contribution in [0.5, 0.6) is 0 Å². The van der Waals surface area contributed by atoms with Crippen molar-refractivity contribution >= 4 is 11.8 Å². The average Bonchev–Trinajstić information content (AvgIpc) is 2.88. The van der Waals surface area contributed by atoms with E-state index in [1.165, 1.54) is 57.2 Å². The molecule has 2 rings (SSSR count). The molecule has 0 aromatic heterocycles. The van der Waals surface area contributed by atoms with E-state index in [9.17, 15) is 0 Å². The lowest BCUT2D eigenvalue weighted by molar-refractivity contribution is 0.129. The quantitative estimate of drug-likeness (QED) is 0.789. The van der Waals surface area contributed by atoms with Crippen molar-refractivity contribution in [2.45, 2.75) is 69.3 Å². The summed E-state index contributed by atoms with van der Waals surface area (Å²) in [5, 5.41) is 4.46. The first-order valence-electron chi connectivity index (χ1n) is 7.31. The van der Waals surface area contributed by atoms with Gasteiger partial charge in [-0.05, 0) is 25.7 Å². The molecule has 0 bridgehead atoms. The molecule has 1 N–H and O–H groups in total. The van der Waals surface area contributed by atoms with Crippen LogP contribution in [0.3, 0.4) is 0 Å². The van der Waals surface area contributed by atoms with Crippen LogP contribution in [0.1, 0.15) is 51.9 Å². The summed E-state index contributed by atoms with van der Waals surface area (Å²) in [4.78, 5) is 0. The Morgan fingerprint density at radius 1 is 1.18 bits per heavy atom. The van der Waals surface area contributed by atoms with Gasteiger partial charge in [0, 0.05) is 30.2 Å². The molecule has 2 atom stereocenters. The maximum atomic E-state index is 5.66. The van der Waals surface area contributed by atoms with Crippen LogP contribution in [0.2, 0.25) is 0 Å². The zero-order valence-corrected chi connectivity index (χ0v) is 11.9. The second-order valence-corrected chi connectivity index (χ2v) is 6.99. The largest absolute Gasteiger partial charge is 0.377 e. The standard InChI is InChI=1S/C14H27NOS/c1-12(17-11-14-8-5-9-16-14)10-15-13-6-3-2-4-7-13/h12-15H,2-11H2,1H3. The molecule has 1 saturated heterocycles. The minimum absolute atomic E-state index is 0.539. The monoisotopic (exact) mass is 257 g/mol. The maximum Gasteiger partial charge on any atom is 0.0666 e. The minimum atomic E-state index is 0.539. The molecule has 2 fully saturated rings. The molecule has 2 aliphatic rings. The highest BCUT2D eigenvalue weighted by molar-refractivity contribution is 7.99. The van der Waals surface area contributed by atoms with Gasteiger partial charge >= 0.3 is 0 Å². The van der Waals surface area contributed by atoms with Crippen LogP contribution in [-0.2, 0) is 4.74 Å². The smallest absolute Gasteiger partial charge is 0.0666 e. The van der Waals surface area contributed by atoms with Gasteiger partial charge in [-0.3, -0.25) is 0 Å². The van der Waals surface area contributed by atoms with Gasteiger partial charge in [-0.15, -0.1) is 0 Å². The summed E-state index contributed by atoms with van der Waals surface area (Å²) in [6.45, 7) is 4.50. The van der Waals surface area contributed by atoms with Crippen LogP contribution in [0.25, 0.3) is 0 Å². The van der Waals surface area contributed by atoms with Crippen LogP contribution >= 0.6 is 11.8 Å². The van der Waals surface area contributed by atoms with E-state index in [1.807, 2.05) is 0 Å². The van der Waals surface area contributed by atoms with Crippen LogP contribution in [0.15, 0.2) is 0 Å². The van der Waals surface area contributed by atoms with Crippen LogP contribution < -0.4 is 5.32 Å². The summed E-state index contributed by atoms with van der Waals surface area (Å²) in [5.74, 6) is 1.19. The molecule has 100 valence electrons. The average molecular weight is 257 g/mol. The predicted octanol–water partition coefficient (Wildman–Crippen LogP) is 3.21. The summed E-state index contributed by atoms with van der Waals surface area (Å²) >= 11 is 2.07. The lowest BCUT2D eigenvalue weighted by Crippen LogP contribution is -2.35. The van der Waals surface area contributed by atoms with Gasteiger partial charge in [-0.25, -0.2) is 0 Å². The van der Waals surface area contributed by atoms with Crippen molar-refractivity contribution in [1.29, 1.82) is 0 Å². The van der Waals surface area contributed by atoms with Crippen LogP contribution in [0.4, 0.5) is 0 Å². The Balaban J connectivity index is 1.52. The molecule has 2 nitrogen and oxygen atoms in total. The number of hydrogen-bond donors (Lipinski definition) is 1. The van der Waals surface area contributed by atoms with Crippen molar-refractivity contribution < 1.29 is 4.74 Å². The number of thioether (sulfide) groups is 1. The van der Waals surface area contributed by atoms with Gasteiger partial charge in [0.2, 0.25) is 0 Å². The predicted molar refractivity (Wildman–Crippen MR) is 75.8 cm³/mol. The van der Waals surface area contributed by atoms with E-state index in [0.29, 0.717) is 6.10 Å². The Hall–Kier alpha value is 0.270. The Labute approximate surface area is 110 Å². The molecular formula is C14H27NOS. The molecule has 1 heterocycles. The van der Waals surface area contributed by atoms with E-state index in [1.54, 1.807) is 0 Å². The number of rotatable bonds is 6. The summed E-state index contributed by atoms with van der Waals surface area (Å²) < 4.78 is 5.66.